The van der Waals surface area contributed by atoms with Gasteiger partial charge in [0.1, 0.15) is 5.82 Å². The highest BCUT2D eigenvalue weighted by Crippen LogP contribution is 2.28. The summed E-state index contributed by atoms with van der Waals surface area (Å²) in [5.74, 6) is 0.759. The number of rotatable bonds is 7. The van der Waals surface area contributed by atoms with Gasteiger partial charge in [0.2, 0.25) is 10.0 Å². The molecular formula is C24H33N5O4S. The number of pyridine rings is 1. The van der Waals surface area contributed by atoms with Crippen molar-refractivity contribution in [3.8, 4) is 0 Å². The molecule has 4 rings (SSSR count). The van der Waals surface area contributed by atoms with E-state index in [4.69, 9.17) is 4.74 Å². The Morgan fingerprint density at radius 3 is 2.29 bits per heavy atom. The number of benzene rings is 1. The van der Waals surface area contributed by atoms with Crippen LogP contribution >= 0.6 is 0 Å². The first kappa shape index (κ1) is 24.4. The van der Waals surface area contributed by atoms with Gasteiger partial charge in [-0.3, -0.25) is 4.79 Å². The predicted octanol–water partition coefficient (Wildman–Crippen LogP) is 1.91. The highest BCUT2D eigenvalue weighted by atomic mass is 32.2. The normalized spacial score (nSPS) is 17.3. The van der Waals surface area contributed by atoms with Crippen LogP contribution in [-0.4, -0.2) is 94.1 Å². The van der Waals surface area contributed by atoms with Gasteiger partial charge in [0.25, 0.3) is 5.91 Å². The maximum atomic E-state index is 13.7. The molecular weight excluding hydrogens is 454 g/mol. The first-order chi connectivity index (χ1) is 16.5. The number of hydrogen-bond acceptors (Lipinski definition) is 7. The topological polar surface area (TPSA) is 86.3 Å². The molecule has 0 atom stereocenters. The molecule has 1 aromatic heterocycles. The van der Waals surface area contributed by atoms with Gasteiger partial charge in [0.15, 0.2) is 0 Å². The van der Waals surface area contributed by atoms with E-state index in [1.807, 2.05) is 36.9 Å². The summed E-state index contributed by atoms with van der Waals surface area (Å²) in [7, 11) is -3.68. The Kier molecular flexibility index (Phi) is 7.70. The molecule has 184 valence electrons. The van der Waals surface area contributed by atoms with E-state index in [-0.39, 0.29) is 10.8 Å². The van der Waals surface area contributed by atoms with Crippen LogP contribution in [0.1, 0.15) is 24.2 Å². The van der Waals surface area contributed by atoms with E-state index in [2.05, 4.69) is 14.8 Å². The molecule has 0 aliphatic carbocycles. The number of hydrogen-bond donors (Lipinski definition) is 0. The van der Waals surface area contributed by atoms with E-state index in [9.17, 15) is 13.2 Å². The second-order valence-corrected chi connectivity index (χ2v) is 10.3. The van der Waals surface area contributed by atoms with E-state index < -0.39 is 10.0 Å². The van der Waals surface area contributed by atoms with Crippen LogP contribution in [0.5, 0.6) is 0 Å². The van der Waals surface area contributed by atoms with Crippen molar-refractivity contribution in [3.05, 3.63) is 48.2 Å². The summed E-state index contributed by atoms with van der Waals surface area (Å²) in [5, 5.41) is 0. The molecule has 1 amide bonds. The third-order valence-corrected chi connectivity index (χ3v) is 8.48. The number of carbonyl (C=O) groups excluding carboxylic acids is 1. The van der Waals surface area contributed by atoms with E-state index in [0.717, 1.165) is 11.5 Å². The highest BCUT2D eigenvalue weighted by Gasteiger charge is 2.29. The van der Waals surface area contributed by atoms with Gasteiger partial charge in [-0.1, -0.05) is 19.9 Å². The smallest absolute Gasteiger partial charge is 0.256 e. The van der Waals surface area contributed by atoms with Crippen molar-refractivity contribution in [2.45, 2.75) is 18.7 Å². The number of aromatic nitrogens is 1. The highest BCUT2D eigenvalue weighted by molar-refractivity contribution is 7.89. The third-order valence-electron chi connectivity index (χ3n) is 6.43. The van der Waals surface area contributed by atoms with Crippen LogP contribution in [0, 0.1) is 0 Å². The SMILES string of the molecule is CCN(CC)S(=O)(=O)c1ccc(N2CCOCC2)c(C(=O)N2CCN(c3ccccn3)CC2)c1. The van der Waals surface area contributed by atoms with Crippen molar-refractivity contribution >= 4 is 27.4 Å². The fraction of sp³-hybridized carbons (Fsp3) is 0.500. The van der Waals surface area contributed by atoms with Crippen molar-refractivity contribution in [2.24, 2.45) is 0 Å². The summed E-state index contributed by atoms with van der Waals surface area (Å²) in [6, 6.07) is 10.8. The minimum absolute atomic E-state index is 0.140. The van der Waals surface area contributed by atoms with Gasteiger partial charge in [-0.05, 0) is 30.3 Å². The van der Waals surface area contributed by atoms with E-state index in [1.165, 1.54) is 4.31 Å². The van der Waals surface area contributed by atoms with Gasteiger partial charge in [0.05, 0.1) is 23.7 Å². The molecule has 1 aromatic carbocycles. The summed E-state index contributed by atoms with van der Waals surface area (Å²) in [5.41, 5.74) is 1.19. The maximum absolute atomic E-state index is 13.7. The molecule has 9 nitrogen and oxygen atoms in total. The molecule has 2 aliphatic rings. The maximum Gasteiger partial charge on any atom is 0.256 e. The van der Waals surface area contributed by atoms with Gasteiger partial charge >= 0.3 is 0 Å². The lowest BCUT2D eigenvalue weighted by Gasteiger charge is -2.37. The van der Waals surface area contributed by atoms with Crippen LogP contribution in [0.3, 0.4) is 0 Å². The number of nitrogens with zero attached hydrogens (tertiary/aromatic N) is 5. The molecule has 34 heavy (non-hydrogen) atoms. The van der Waals surface area contributed by atoms with Crippen LogP contribution in [0.25, 0.3) is 0 Å². The Hall–Kier alpha value is -2.69. The zero-order valence-corrected chi connectivity index (χ0v) is 20.7. The van der Waals surface area contributed by atoms with Crippen LogP contribution in [-0.2, 0) is 14.8 Å². The molecule has 0 unspecified atom stereocenters. The van der Waals surface area contributed by atoms with Crippen LogP contribution in [0.2, 0.25) is 0 Å². The fourth-order valence-electron chi connectivity index (χ4n) is 4.49. The third kappa shape index (κ3) is 5.03. The molecule has 0 spiro atoms. The zero-order chi connectivity index (χ0) is 24.1. The first-order valence-corrected chi connectivity index (χ1v) is 13.3. The van der Waals surface area contributed by atoms with Gasteiger partial charge in [-0.25, -0.2) is 13.4 Å². The second-order valence-electron chi connectivity index (χ2n) is 8.33. The lowest BCUT2D eigenvalue weighted by molar-refractivity contribution is 0.0745. The lowest BCUT2D eigenvalue weighted by atomic mass is 10.1. The molecule has 0 saturated carbocycles. The molecule has 2 aromatic rings. The first-order valence-electron chi connectivity index (χ1n) is 11.9. The standard InChI is InChI=1S/C24H33N5O4S/c1-3-29(4-2)34(31,32)20-8-9-22(26-15-17-33-18-16-26)21(19-20)24(30)28-13-11-27(12-14-28)23-7-5-6-10-25-23/h5-10,19H,3-4,11-18H2,1-2H3. The van der Waals surface area contributed by atoms with E-state index in [1.54, 1.807) is 24.4 Å². The Labute approximate surface area is 202 Å². The monoisotopic (exact) mass is 487 g/mol. The van der Waals surface area contributed by atoms with Gasteiger partial charge in [-0.15, -0.1) is 0 Å². The van der Waals surface area contributed by atoms with Crippen molar-refractivity contribution in [3.63, 3.8) is 0 Å². The van der Waals surface area contributed by atoms with Crippen molar-refractivity contribution < 1.29 is 17.9 Å². The Morgan fingerprint density at radius 1 is 0.971 bits per heavy atom. The number of morpholine rings is 1. The van der Waals surface area contributed by atoms with Crippen molar-refractivity contribution in [1.82, 2.24) is 14.2 Å². The van der Waals surface area contributed by atoms with Crippen LogP contribution in [0.15, 0.2) is 47.5 Å². The largest absolute Gasteiger partial charge is 0.378 e. The predicted molar refractivity (Wildman–Crippen MR) is 132 cm³/mol. The number of sulfonamides is 1. The summed E-state index contributed by atoms with van der Waals surface area (Å²) >= 11 is 0. The second kappa shape index (κ2) is 10.7. The average molecular weight is 488 g/mol. The summed E-state index contributed by atoms with van der Waals surface area (Å²) < 4.78 is 33.3. The molecule has 10 heteroatoms. The summed E-state index contributed by atoms with van der Waals surface area (Å²) in [6.45, 7) is 9.31. The lowest BCUT2D eigenvalue weighted by Crippen LogP contribution is -2.49. The Morgan fingerprint density at radius 2 is 1.68 bits per heavy atom. The molecule has 2 fully saturated rings. The van der Waals surface area contributed by atoms with E-state index >= 15 is 0 Å². The van der Waals surface area contributed by atoms with Crippen molar-refractivity contribution in [1.29, 1.82) is 0 Å². The van der Waals surface area contributed by atoms with E-state index in [0.29, 0.717) is 71.1 Å². The van der Waals surface area contributed by atoms with Crippen LogP contribution < -0.4 is 9.80 Å². The number of ether oxygens (including phenoxy) is 1. The van der Waals surface area contributed by atoms with Gasteiger partial charge in [0, 0.05) is 64.2 Å². The molecule has 0 bridgehead atoms. The molecule has 3 heterocycles. The van der Waals surface area contributed by atoms with Crippen molar-refractivity contribution in [2.75, 3.05) is 75.4 Å². The number of anilines is 2. The Bertz CT molecular complexity index is 1080. The number of carbonyl (C=O) groups is 1. The van der Waals surface area contributed by atoms with Gasteiger partial charge in [-0.2, -0.15) is 4.31 Å². The number of piperazine rings is 1. The molecule has 2 saturated heterocycles. The Balaban J connectivity index is 1.62. The van der Waals surface area contributed by atoms with Gasteiger partial charge < -0.3 is 19.4 Å². The molecule has 0 N–H and O–H groups in total. The van der Waals surface area contributed by atoms with Crippen LogP contribution in [0.4, 0.5) is 11.5 Å². The summed E-state index contributed by atoms with van der Waals surface area (Å²) in [4.78, 5) is 24.4. The minimum atomic E-state index is -3.68. The molecule has 2 aliphatic heterocycles. The average Bonchev–Trinajstić information content (AvgIpc) is 2.89. The number of amides is 1. The molecule has 0 radical (unpaired) electrons. The minimum Gasteiger partial charge on any atom is -0.378 e. The fourth-order valence-corrected chi connectivity index (χ4v) is 5.97. The zero-order valence-electron chi connectivity index (χ0n) is 19.9. The summed E-state index contributed by atoms with van der Waals surface area (Å²) in [6.07, 6.45) is 1.77. The quantitative estimate of drug-likeness (QED) is 0.590.